The molecule has 2 aromatic rings. The number of ketones is 1. The summed E-state index contributed by atoms with van der Waals surface area (Å²) in [5, 5.41) is 9.11. The van der Waals surface area contributed by atoms with E-state index in [0.717, 1.165) is 9.75 Å². The molecule has 0 aliphatic heterocycles. The normalized spacial score (nSPS) is 10.1. The number of hydrogen-bond donors (Lipinski definition) is 1. The molecule has 0 aromatic carbocycles. The fourth-order valence-electron chi connectivity index (χ4n) is 1.32. The molecule has 2 N–H and O–H groups in total. The van der Waals surface area contributed by atoms with E-state index in [1.54, 1.807) is 0 Å². The summed E-state index contributed by atoms with van der Waals surface area (Å²) in [4.78, 5) is 21.7. The van der Waals surface area contributed by atoms with E-state index < -0.39 is 0 Å². The minimum atomic E-state index is 0.0367. The van der Waals surface area contributed by atoms with E-state index >= 15 is 0 Å². The van der Waals surface area contributed by atoms with Gasteiger partial charge in [0.2, 0.25) is 0 Å². The van der Waals surface area contributed by atoms with Crippen LogP contribution in [0.5, 0.6) is 0 Å². The number of rotatable bonds is 4. The van der Waals surface area contributed by atoms with E-state index in [1.165, 1.54) is 29.3 Å². The Bertz CT molecular complexity index is 660. The Morgan fingerprint density at radius 2 is 2.37 bits per heavy atom. The van der Waals surface area contributed by atoms with Crippen LogP contribution < -0.4 is 5.73 Å². The predicted molar refractivity (Wildman–Crippen MR) is 75.3 cm³/mol. The lowest BCUT2D eigenvalue weighted by molar-refractivity contribution is 0.102. The van der Waals surface area contributed by atoms with Gasteiger partial charge in [0.1, 0.15) is 17.5 Å². The maximum atomic E-state index is 11.9. The van der Waals surface area contributed by atoms with Crippen molar-refractivity contribution < 1.29 is 4.79 Å². The van der Waals surface area contributed by atoms with Gasteiger partial charge in [0, 0.05) is 4.88 Å². The number of nitrogens with zero attached hydrogens (tertiary/aromatic N) is 3. The molecule has 19 heavy (non-hydrogen) atoms. The molecule has 0 aliphatic carbocycles. The van der Waals surface area contributed by atoms with Crippen LogP contribution in [0.1, 0.15) is 20.1 Å². The molecule has 0 fully saturated rings. The van der Waals surface area contributed by atoms with Crippen molar-refractivity contribution in [1.29, 1.82) is 5.26 Å². The van der Waals surface area contributed by atoms with Crippen molar-refractivity contribution in [3.63, 3.8) is 0 Å². The number of thioether (sulfide) groups is 1. The standard InChI is InChI=1S/C12H10N4OS2/c1-7-2-3-10(19-7)9(17)6-18-12-15-5-8(4-13)11(14)16-12/h2-3,5H,6H2,1H3,(H2,14,15,16). The Balaban J connectivity index is 2.01. The summed E-state index contributed by atoms with van der Waals surface area (Å²) in [6, 6.07) is 5.62. The van der Waals surface area contributed by atoms with Gasteiger partial charge in [-0.1, -0.05) is 11.8 Å². The zero-order valence-electron chi connectivity index (χ0n) is 10.1. The Morgan fingerprint density at radius 1 is 1.58 bits per heavy atom. The summed E-state index contributed by atoms with van der Waals surface area (Å²) in [7, 11) is 0. The van der Waals surface area contributed by atoms with Crippen LogP contribution in [0.4, 0.5) is 5.82 Å². The average Bonchev–Trinajstić information content (AvgIpc) is 2.83. The number of nitrogen functional groups attached to an aromatic ring is 1. The van der Waals surface area contributed by atoms with Gasteiger partial charge < -0.3 is 5.73 Å². The van der Waals surface area contributed by atoms with Crippen molar-refractivity contribution in [3.8, 4) is 6.07 Å². The van der Waals surface area contributed by atoms with E-state index in [4.69, 9.17) is 11.0 Å². The van der Waals surface area contributed by atoms with Crippen LogP contribution in [-0.2, 0) is 0 Å². The topological polar surface area (TPSA) is 92.7 Å². The van der Waals surface area contributed by atoms with Crippen molar-refractivity contribution in [2.75, 3.05) is 11.5 Å². The van der Waals surface area contributed by atoms with Gasteiger partial charge in [0.25, 0.3) is 0 Å². The summed E-state index contributed by atoms with van der Waals surface area (Å²) in [5.74, 6) is 0.430. The molecule has 7 heteroatoms. The molecular formula is C12H10N4OS2. The molecule has 0 atom stereocenters. The molecule has 0 spiro atoms. The number of nitriles is 1. The number of nitrogens with two attached hydrogens (primary N) is 1. The first-order chi connectivity index (χ1) is 9.10. The second-order valence-electron chi connectivity index (χ2n) is 3.69. The molecule has 0 radical (unpaired) electrons. The summed E-state index contributed by atoms with van der Waals surface area (Å²) in [6.07, 6.45) is 1.37. The van der Waals surface area contributed by atoms with Crippen molar-refractivity contribution in [2.45, 2.75) is 12.1 Å². The van der Waals surface area contributed by atoms with Crippen LogP contribution in [0.2, 0.25) is 0 Å². The number of aromatic nitrogens is 2. The van der Waals surface area contributed by atoms with E-state index in [9.17, 15) is 4.79 Å². The third-order valence-electron chi connectivity index (χ3n) is 2.26. The summed E-state index contributed by atoms with van der Waals surface area (Å²) >= 11 is 2.68. The van der Waals surface area contributed by atoms with E-state index in [-0.39, 0.29) is 22.9 Å². The fraction of sp³-hybridized carbons (Fsp3) is 0.167. The fourth-order valence-corrected chi connectivity index (χ4v) is 2.92. The first-order valence-electron chi connectivity index (χ1n) is 5.35. The zero-order valence-corrected chi connectivity index (χ0v) is 11.7. The van der Waals surface area contributed by atoms with Crippen molar-refractivity contribution >= 4 is 34.7 Å². The number of carbonyl (C=O) groups excluding carboxylic acids is 1. The van der Waals surface area contributed by atoms with Crippen molar-refractivity contribution in [3.05, 3.63) is 33.6 Å². The maximum Gasteiger partial charge on any atom is 0.189 e. The number of carbonyl (C=O) groups is 1. The summed E-state index contributed by atoms with van der Waals surface area (Å²) < 4.78 is 0. The Kier molecular flexibility index (Phi) is 4.14. The number of aryl methyl sites for hydroxylation is 1. The Hall–Kier alpha value is -1.91. The van der Waals surface area contributed by atoms with E-state index in [2.05, 4.69) is 9.97 Å². The quantitative estimate of drug-likeness (QED) is 0.527. The average molecular weight is 290 g/mol. The highest BCUT2D eigenvalue weighted by molar-refractivity contribution is 7.99. The molecule has 0 bridgehead atoms. The molecule has 0 amide bonds. The van der Waals surface area contributed by atoms with Gasteiger partial charge in [-0.15, -0.1) is 11.3 Å². The number of anilines is 1. The highest BCUT2D eigenvalue weighted by atomic mass is 32.2. The SMILES string of the molecule is Cc1ccc(C(=O)CSc2ncc(C#N)c(N)n2)s1. The van der Waals surface area contributed by atoms with Gasteiger partial charge in [0.15, 0.2) is 10.9 Å². The van der Waals surface area contributed by atoms with E-state index in [1.807, 2.05) is 25.1 Å². The highest BCUT2D eigenvalue weighted by Gasteiger charge is 2.11. The lowest BCUT2D eigenvalue weighted by Gasteiger charge is -2.00. The first-order valence-corrected chi connectivity index (χ1v) is 7.15. The Labute approximate surface area is 118 Å². The summed E-state index contributed by atoms with van der Waals surface area (Å²) in [5.41, 5.74) is 5.82. The first kappa shape index (κ1) is 13.5. The largest absolute Gasteiger partial charge is 0.382 e. The van der Waals surface area contributed by atoms with Crippen LogP contribution in [0.25, 0.3) is 0 Å². The van der Waals surface area contributed by atoms with Crippen molar-refractivity contribution in [2.24, 2.45) is 0 Å². The molecule has 5 nitrogen and oxygen atoms in total. The van der Waals surface area contributed by atoms with Gasteiger partial charge in [-0.3, -0.25) is 4.79 Å². The van der Waals surface area contributed by atoms with Gasteiger partial charge in [-0.25, -0.2) is 9.97 Å². The molecule has 96 valence electrons. The Morgan fingerprint density at radius 3 is 2.95 bits per heavy atom. The number of hydrogen-bond acceptors (Lipinski definition) is 7. The predicted octanol–water partition coefficient (Wildman–Crippen LogP) is 2.28. The van der Waals surface area contributed by atoms with Gasteiger partial charge in [-0.2, -0.15) is 5.26 Å². The molecule has 2 rings (SSSR count). The molecule has 0 aliphatic rings. The lowest BCUT2D eigenvalue weighted by Crippen LogP contribution is -2.02. The number of Topliss-reactive ketones (excluding diaryl/α,β-unsaturated/α-hetero) is 1. The van der Waals surface area contributed by atoms with Crippen LogP contribution in [-0.4, -0.2) is 21.5 Å². The maximum absolute atomic E-state index is 11.9. The second-order valence-corrected chi connectivity index (χ2v) is 5.92. The molecular weight excluding hydrogens is 280 g/mol. The second kappa shape index (κ2) is 5.82. The van der Waals surface area contributed by atoms with Gasteiger partial charge in [-0.05, 0) is 19.1 Å². The highest BCUT2D eigenvalue weighted by Crippen LogP contribution is 2.21. The van der Waals surface area contributed by atoms with Gasteiger partial charge >= 0.3 is 0 Å². The number of thiophene rings is 1. The monoisotopic (exact) mass is 290 g/mol. The van der Waals surface area contributed by atoms with Crippen LogP contribution in [0.3, 0.4) is 0 Å². The molecule has 0 saturated carbocycles. The third kappa shape index (κ3) is 3.30. The minimum absolute atomic E-state index is 0.0367. The smallest absolute Gasteiger partial charge is 0.189 e. The molecule has 2 aromatic heterocycles. The molecule has 0 unspecified atom stereocenters. The lowest BCUT2D eigenvalue weighted by atomic mass is 10.3. The van der Waals surface area contributed by atoms with E-state index in [0.29, 0.717) is 5.16 Å². The molecule has 2 heterocycles. The third-order valence-corrected chi connectivity index (χ3v) is 4.17. The summed E-state index contributed by atoms with van der Waals surface area (Å²) in [6.45, 7) is 1.96. The van der Waals surface area contributed by atoms with Crippen LogP contribution >= 0.6 is 23.1 Å². The van der Waals surface area contributed by atoms with Crippen molar-refractivity contribution in [1.82, 2.24) is 9.97 Å². The van der Waals surface area contributed by atoms with Crippen LogP contribution in [0.15, 0.2) is 23.5 Å². The minimum Gasteiger partial charge on any atom is -0.382 e. The van der Waals surface area contributed by atoms with Gasteiger partial charge in [0.05, 0.1) is 16.8 Å². The van der Waals surface area contributed by atoms with Crippen LogP contribution in [0, 0.1) is 18.3 Å². The zero-order chi connectivity index (χ0) is 13.8. The molecule has 0 saturated heterocycles.